The molecule has 0 fully saturated rings. The Balaban J connectivity index is 2.12. The molecular formula is C12H13FN4O4. The summed E-state index contributed by atoms with van der Waals surface area (Å²) >= 11 is 0. The van der Waals surface area contributed by atoms with Gasteiger partial charge in [0.1, 0.15) is 5.69 Å². The number of nitro groups is 1. The van der Waals surface area contributed by atoms with Gasteiger partial charge in [0.05, 0.1) is 18.1 Å². The molecule has 9 heteroatoms. The molecule has 1 aromatic carbocycles. The Morgan fingerprint density at radius 1 is 1.52 bits per heavy atom. The third kappa shape index (κ3) is 3.44. The topological polar surface area (TPSA) is 103 Å². The molecule has 0 spiro atoms. The molecule has 0 radical (unpaired) electrons. The van der Waals surface area contributed by atoms with Crippen LogP contribution >= 0.6 is 0 Å². The van der Waals surface area contributed by atoms with E-state index < -0.39 is 10.7 Å². The molecule has 1 N–H and O–H groups in total. The largest absolute Gasteiger partial charge is 0.494 e. The van der Waals surface area contributed by atoms with Crippen molar-refractivity contribution >= 4 is 11.4 Å². The van der Waals surface area contributed by atoms with Crippen molar-refractivity contribution in [2.45, 2.75) is 13.3 Å². The van der Waals surface area contributed by atoms with E-state index in [0.717, 1.165) is 6.07 Å². The summed E-state index contributed by atoms with van der Waals surface area (Å²) in [5.74, 6) is 0.0650. The lowest BCUT2D eigenvalue weighted by molar-refractivity contribution is -0.384. The van der Waals surface area contributed by atoms with Crippen LogP contribution in [0.4, 0.5) is 15.8 Å². The van der Waals surface area contributed by atoms with Crippen molar-refractivity contribution in [3.8, 4) is 5.75 Å². The Hall–Kier alpha value is -2.71. The van der Waals surface area contributed by atoms with E-state index in [0.29, 0.717) is 24.7 Å². The predicted octanol–water partition coefficient (Wildman–Crippen LogP) is 2.09. The zero-order chi connectivity index (χ0) is 15.4. The Morgan fingerprint density at radius 2 is 2.29 bits per heavy atom. The summed E-state index contributed by atoms with van der Waals surface area (Å²) in [6, 6.07) is 2.06. The SMILES string of the molecule is COc1cc(NCCc2nc(C)no2)c([N+](=O)[O-])cc1F. The molecule has 0 bridgehead atoms. The lowest BCUT2D eigenvalue weighted by atomic mass is 10.2. The van der Waals surface area contributed by atoms with Crippen LogP contribution in [0.3, 0.4) is 0 Å². The average molecular weight is 296 g/mol. The summed E-state index contributed by atoms with van der Waals surface area (Å²) in [6.45, 7) is 2.01. The number of ether oxygens (including phenoxy) is 1. The minimum Gasteiger partial charge on any atom is -0.494 e. The van der Waals surface area contributed by atoms with Crippen molar-refractivity contribution in [3.05, 3.63) is 39.8 Å². The van der Waals surface area contributed by atoms with Crippen molar-refractivity contribution in [1.82, 2.24) is 10.1 Å². The van der Waals surface area contributed by atoms with Crippen LogP contribution in [0.2, 0.25) is 0 Å². The van der Waals surface area contributed by atoms with Crippen LogP contribution in [0.5, 0.6) is 5.75 Å². The van der Waals surface area contributed by atoms with Gasteiger partial charge in [-0.25, -0.2) is 4.39 Å². The van der Waals surface area contributed by atoms with E-state index in [1.165, 1.54) is 13.2 Å². The van der Waals surface area contributed by atoms with Gasteiger partial charge in [0.25, 0.3) is 5.69 Å². The monoisotopic (exact) mass is 296 g/mol. The predicted molar refractivity (Wildman–Crippen MR) is 70.8 cm³/mol. The molecule has 8 nitrogen and oxygen atoms in total. The third-order valence-electron chi connectivity index (χ3n) is 2.69. The molecule has 0 aliphatic heterocycles. The molecule has 112 valence electrons. The first-order valence-electron chi connectivity index (χ1n) is 6.06. The highest BCUT2D eigenvalue weighted by molar-refractivity contribution is 5.64. The van der Waals surface area contributed by atoms with Crippen molar-refractivity contribution < 1.29 is 18.6 Å². The second kappa shape index (κ2) is 6.16. The maximum Gasteiger partial charge on any atom is 0.295 e. The van der Waals surface area contributed by atoms with E-state index in [4.69, 9.17) is 9.26 Å². The van der Waals surface area contributed by atoms with Gasteiger partial charge < -0.3 is 14.6 Å². The summed E-state index contributed by atoms with van der Waals surface area (Å²) in [5, 5.41) is 17.4. The number of nitro benzene ring substituents is 1. The second-order valence-electron chi connectivity index (χ2n) is 4.17. The molecule has 0 aliphatic rings. The number of benzene rings is 1. The van der Waals surface area contributed by atoms with Crippen molar-refractivity contribution in [2.24, 2.45) is 0 Å². The zero-order valence-corrected chi connectivity index (χ0v) is 11.4. The van der Waals surface area contributed by atoms with Crippen molar-refractivity contribution in [2.75, 3.05) is 19.0 Å². The summed E-state index contributed by atoms with van der Waals surface area (Å²) < 4.78 is 23.2. The fourth-order valence-electron chi connectivity index (χ4n) is 1.74. The molecule has 0 saturated heterocycles. The molecule has 1 aromatic heterocycles. The van der Waals surface area contributed by atoms with Gasteiger partial charge in [-0.05, 0) is 6.92 Å². The fraction of sp³-hybridized carbons (Fsp3) is 0.333. The van der Waals surface area contributed by atoms with Crippen LogP contribution in [0.1, 0.15) is 11.7 Å². The number of methoxy groups -OCH3 is 1. The number of hydrogen-bond acceptors (Lipinski definition) is 7. The number of hydrogen-bond donors (Lipinski definition) is 1. The van der Waals surface area contributed by atoms with Crippen LogP contribution in [0, 0.1) is 22.9 Å². The lowest BCUT2D eigenvalue weighted by Crippen LogP contribution is -2.08. The van der Waals surface area contributed by atoms with Crippen LogP contribution in [0.25, 0.3) is 0 Å². The molecule has 0 unspecified atom stereocenters. The normalized spacial score (nSPS) is 10.4. The van der Waals surface area contributed by atoms with E-state index in [-0.39, 0.29) is 17.1 Å². The van der Waals surface area contributed by atoms with E-state index in [1.807, 2.05) is 0 Å². The van der Waals surface area contributed by atoms with E-state index in [9.17, 15) is 14.5 Å². The minimum absolute atomic E-state index is 0.0725. The van der Waals surface area contributed by atoms with Gasteiger partial charge in [-0.1, -0.05) is 5.16 Å². The number of aryl methyl sites for hydroxylation is 1. The zero-order valence-electron chi connectivity index (χ0n) is 11.4. The van der Waals surface area contributed by atoms with E-state index in [2.05, 4.69) is 15.5 Å². The van der Waals surface area contributed by atoms with Crippen LogP contribution in [0.15, 0.2) is 16.7 Å². The Bertz CT molecular complexity index is 659. The molecule has 2 aromatic rings. The van der Waals surface area contributed by atoms with Gasteiger partial charge in [0, 0.05) is 19.0 Å². The van der Waals surface area contributed by atoms with Gasteiger partial charge in [0.2, 0.25) is 5.89 Å². The molecule has 2 rings (SSSR count). The van der Waals surface area contributed by atoms with Crippen molar-refractivity contribution in [3.63, 3.8) is 0 Å². The van der Waals surface area contributed by atoms with Gasteiger partial charge >= 0.3 is 0 Å². The van der Waals surface area contributed by atoms with Crippen LogP contribution < -0.4 is 10.1 Å². The molecule has 0 aliphatic carbocycles. The number of nitrogens with zero attached hydrogens (tertiary/aromatic N) is 3. The molecule has 0 atom stereocenters. The number of halogens is 1. The summed E-state index contributed by atoms with van der Waals surface area (Å²) in [6.07, 6.45) is 0.387. The van der Waals surface area contributed by atoms with E-state index >= 15 is 0 Å². The standard InChI is InChI=1S/C12H13FN4O4/c1-7-15-12(21-16-7)3-4-14-9-6-11(20-2)8(13)5-10(9)17(18)19/h5-6,14H,3-4H2,1-2H3. The minimum atomic E-state index is -0.790. The lowest BCUT2D eigenvalue weighted by Gasteiger charge is -2.08. The highest BCUT2D eigenvalue weighted by atomic mass is 19.1. The Labute approximate surface area is 119 Å². The number of nitrogens with one attached hydrogen (secondary N) is 1. The Kier molecular flexibility index (Phi) is 4.31. The second-order valence-corrected chi connectivity index (χ2v) is 4.17. The quantitative estimate of drug-likeness (QED) is 0.643. The number of aromatic nitrogens is 2. The highest BCUT2D eigenvalue weighted by Crippen LogP contribution is 2.31. The first-order valence-corrected chi connectivity index (χ1v) is 6.06. The first-order chi connectivity index (χ1) is 10.0. The van der Waals surface area contributed by atoms with Crippen molar-refractivity contribution in [1.29, 1.82) is 0 Å². The summed E-state index contributed by atoms with van der Waals surface area (Å²) in [7, 11) is 1.29. The van der Waals surface area contributed by atoms with Crippen LogP contribution in [-0.4, -0.2) is 28.7 Å². The number of rotatable bonds is 6. The smallest absolute Gasteiger partial charge is 0.295 e. The van der Waals surface area contributed by atoms with Gasteiger partial charge in [-0.3, -0.25) is 10.1 Å². The molecule has 21 heavy (non-hydrogen) atoms. The maximum atomic E-state index is 13.5. The molecule has 0 saturated carbocycles. The molecular weight excluding hydrogens is 283 g/mol. The first kappa shape index (κ1) is 14.7. The maximum absolute atomic E-state index is 13.5. The fourth-order valence-corrected chi connectivity index (χ4v) is 1.74. The van der Waals surface area contributed by atoms with Gasteiger partial charge in [-0.2, -0.15) is 4.98 Å². The summed E-state index contributed by atoms with van der Waals surface area (Å²) in [5.41, 5.74) is -0.204. The molecule has 1 heterocycles. The molecule has 0 amide bonds. The van der Waals surface area contributed by atoms with Gasteiger partial charge in [0.15, 0.2) is 17.4 Å². The third-order valence-corrected chi connectivity index (χ3v) is 2.69. The Morgan fingerprint density at radius 3 is 2.86 bits per heavy atom. The van der Waals surface area contributed by atoms with Crippen LogP contribution in [-0.2, 0) is 6.42 Å². The van der Waals surface area contributed by atoms with E-state index in [1.54, 1.807) is 6.92 Å². The summed E-state index contributed by atoms with van der Waals surface area (Å²) in [4.78, 5) is 14.3. The highest BCUT2D eigenvalue weighted by Gasteiger charge is 2.19. The number of anilines is 1. The van der Waals surface area contributed by atoms with Gasteiger partial charge in [-0.15, -0.1) is 0 Å². The average Bonchev–Trinajstić information content (AvgIpc) is 2.85.